The molecule has 0 spiro atoms. The molecule has 0 N–H and O–H groups in total. The SMILES string of the molecule is CCc1cc(N2C=CN(Cc3ccccn3)CC2)cnc1-c1cn(C[C@H]2CCCCO2)nn1. The van der Waals surface area contributed by atoms with E-state index in [1.165, 1.54) is 12.0 Å². The number of pyridine rings is 2. The van der Waals surface area contributed by atoms with Crippen LogP contribution in [0.25, 0.3) is 11.4 Å². The Morgan fingerprint density at radius 2 is 2.09 bits per heavy atom. The third-order valence-corrected chi connectivity index (χ3v) is 6.29. The lowest BCUT2D eigenvalue weighted by Gasteiger charge is -2.31. The van der Waals surface area contributed by atoms with Gasteiger partial charge in [-0.15, -0.1) is 5.10 Å². The minimum absolute atomic E-state index is 0.234. The van der Waals surface area contributed by atoms with Gasteiger partial charge in [0, 0.05) is 38.3 Å². The second-order valence-corrected chi connectivity index (χ2v) is 8.65. The summed E-state index contributed by atoms with van der Waals surface area (Å²) in [5, 5.41) is 8.74. The van der Waals surface area contributed by atoms with Crippen LogP contribution in [0.1, 0.15) is 37.4 Å². The van der Waals surface area contributed by atoms with Crippen molar-refractivity contribution in [3.05, 3.63) is 66.5 Å². The molecule has 0 radical (unpaired) electrons. The van der Waals surface area contributed by atoms with Crippen LogP contribution in [-0.2, 0) is 24.2 Å². The lowest BCUT2D eigenvalue weighted by molar-refractivity contribution is 0.00370. The summed E-state index contributed by atoms with van der Waals surface area (Å²) < 4.78 is 7.74. The zero-order valence-corrected chi connectivity index (χ0v) is 19.2. The zero-order chi connectivity index (χ0) is 22.5. The monoisotopic (exact) mass is 445 g/mol. The fourth-order valence-corrected chi connectivity index (χ4v) is 4.42. The van der Waals surface area contributed by atoms with Crippen LogP contribution in [0.15, 0.2) is 55.3 Å². The Bertz CT molecular complexity index is 1080. The second-order valence-electron chi connectivity index (χ2n) is 8.65. The van der Waals surface area contributed by atoms with Crippen molar-refractivity contribution in [2.45, 2.75) is 51.8 Å². The molecule has 2 aliphatic rings. The highest BCUT2D eigenvalue weighted by atomic mass is 16.5. The largest absolute Gasteiger partial charge is 0.376 e. The Labute approximate surface area is 194 Å². The molecular formula is C25H31N7O. The van der Waals surface area contributed by atoms with Crippen LogP contribution < -0.4 is 4.90 Å². The number of aryl methyl sites for hydroxylation is 1. The molecule has 5 rings (SSSR count). The standard InChI is InChI=1S/C25H31N7O/c1-2-20-15-22(31-12-10-30(11-13-31)17-21-7-3-5-9-26-21)16-27-25(20)24-19-32(29-28-24)18-23-8-4-6-14-33-23/h3,5,7,9-10,12,15-16,19,23H,2,4,6,8,11,13-14,17-18H2,1H3/t23-/m1/s1. The second kappa shape index (κ2) is 10.1. The Hall–Kier alpha value is -3.26. The molecule has 0 saturated carbocycles. The van der Waals surface area contributed by atoms with E-state index in [2.05, 4.69) is 56.6 Å². The van der Waals surface area contributed by atoms with E-state index in [-0.39, 0.29) is 6.10 Å². The van der Waals surface area contributed by atoms with Gasteiger partial charge < -0.3 is 14.5 Å². The highest BCUT2D eigenvalue weighted by Crippen LogP contribution is 2.26. The molecule has 0 aliphatic carbocycles. The van der Waals surface area contributed by atoms with Gasteiger partial charge in [-0.3, -0.25) is 9.97 Å². The van der Waals surface area contributed by atoms with Gasteiger partial charge in [0.25, 0.3) is 0 Å². The number of nitrogens with zero attached hydrogens (tertiary/aromatic N) is 7. The predicted octanol–water partition coefficient (Wildman–Crippen LogP) is 3.66. The number of hydrogen-bond donors (Lipinski definition) is 0. The van der Waals surface area contributed by atoms with Gasteiger partial charge >= 0.3 is 0 Å². The van der Waals surface area contributed by atoms with Crippen molar-refractivity contribution in [3.63, 3.8) is 0 Å². The van der Waals surface area contributed by atoms with Crippen LogP contribution in [0.3, 0.4) is 0 Å². The van der Waals surface area contributed by atoms with E-state index in [1.807, 2.05) is 35.4 Å². The molecule has 1 fully saturated rings. The van der Waals surface area contributed by atoms with Crippen molar-refractivity contribution >= 4 is 5.69 Å². The van der Waals surface area contributed by atoms with Crippen molar-refractivity contribution in [1.82, 2.24) is 29.9 Å². The van der Waals surface area contributed by atoms with Gasteiger partial charge in [0.15, 0.2) is 0 Å². The summed E-state index contributed by atoms with van der Waals surface area (Å²) >= 11 is 0. The topological polar surface area (TPSA) is 72.2 Å². The average Bonchev–Trinajstić information content (AvgIpc) is 3.33. The first-order chi connectivity index (χ1) is 16.3. The Kier molecular flexibility index (Phi) is 6.62. The predicted molar refractivity (Wildman–Crippen MR) is 127 cm³/mol. The van der Waals surface area contributed by atoms with Crippen molar-refractivity contribution in [2.75, 3.05) is 24.6 Å². The molecule has 0 amide bonds. The van der Waals surface area contributed by atoms with Crippen LogP contribution in [0.5, 0.6) is 0 Å². The summed E-state index contributed by atoms with van der Waals surface area (Å²) in [6.45, 7) is 6.43. The van der Waals surface area contributed by atoms with Gasteiger partial charge in [0.1, 0.15) is 5.69 Å². The summed E-state index contributed by atoms with van der Waals surface area (Å²) in [6, 6.07) is 8.27. The molecule has 3 aromatic heterocycles. The number of rotatable bonds is 7. The number of aromatic nitrogens is 5. The van der Waals surface area contributed by atoms with Crippen LogP contribution in [0.2, 0.25) is 0 Å². The van der Waals surface area contributed by atoms with Gasteiger partial charge in [0.05, 0.1) is 48.7 Å². The highest BCUT2D eigenvalue weighted by Gasteiger charge is 2.18. The smallest absolute Gasteiger partial charge is 0.131 e. The van der Waals surface area contributed by atoms with Gasteiger partial charge in [-0.25, -0.2) is 4.68 Å². The molecule has 2 aliphatic heterocycles. The highest BCUT2D eigenvalue weighted by molar-refractivity contribution is 5.62. The Morgan fingerprint density at radius 3 is 2.85 bits per heavy atom. The molecule has 5 heterocycles. The maximum atomic E-state index is 5.84. The van der Waals surface area contributed by atoms with Crippen LogP contribution in [-0.4, -0.2) is 55.7 Å². The molecule has 0 unspecified atom stereocenters. The Morgan fingerprint density at radius 1 is 1.12 bits per heavy atom. The quantitative estimate of drug-likeness (QED) is 0.550. The molecule has 8 heteroatoms. The molecule has 0 bridgehead atoms. The third kappa shape index (κ3) is 5.22. The first kappa shape index (κ1) is 21.6. The average molecular weight is 446 g/mol. The van der Waals surface area contributed by atoms with E-state index < -0.39 is 0 Å². The fourth-order valence-electron chi connectivity index (χ4n) is 4.42. The molecule has 1 atom stereocenters. The van der Waals surface area contributed by atoms with Gasteiger partial charge in [-0.1, -0.05) is 18.2 Å². The molecule has 8 nitrogen and oxygen atoms in total. The number of hydrogen-bond acceptors (Lipinski definition) is 7. The first-order valence-electron chi connectivity index (χ1n) is 11.9. The zero-order valence-electron chi connectivity index (χ0n) is 19.2. The van der Waals surface area contributed by atoms with Gasteiger partial charge in [-0.2, -0.15) is 0 Å². The van der Waals surface area contributed by atoms with Crippen molar-refractivity contribution in [3.8, 4) is 11.4 Å². The maximum Gasteiger partial charge on any atom is 0.131 e. The summed E-state index contributed by atoms with van der Waals surface area (Å²) in [7, 11) is 0. The van der Waals surface area contributed by atoms with Crippen LogP contribution >= 0.6 is 0 Å². The van der Waals surface area contributed by atoms with E-state index in [0.29, 0.717) is 0 Å². The Balaban J connectivity index is 1.26. The summed E-state index contributed by atoms with van der Waals surface area (Å²) in [6.07, 6.45) is 14.6. The number of ether oxygens (including phenoxy) is 1. The van der Waals surface area contributed by atoms with E-state index in [4.69, 9.17) is 9.72 Å². The molecule has 1 saturated heterocycles. The van der Waals surface area contributed by atoms with Crippen molar-refractivity contribution in [2.24, 2.45) is 0 Å². The molecular weight excluding hydrogens is 414 g/mol. The fraction of sp³-hybridized carbons (Fsp3) is 0.440. The third-order valence-electron chi connectivity index (χ3n) is 6.29. The van der Waals surface area contributed by atoms with E-state index in [1.54, 1.807) is 0 Å². The summed E-state index contributed by atoms with van der Waals surface area (Å²) in [5.41, 5.74) is 5.10. The lowest BCUT2D eigenvalue weighted by Crippen LogP contribution is -2.34. The molecule has 3 aromatic rings. The van der Waals surface area contributed by atoms with Gasteiger partial charge in [0.2, 0.25) is 0 Å². The van der Waals surface area contributed by atoms with E-state index in [0.717, 1.165) is 74.8 Å². The van der Waals surface area contributed by atoms with Crippen molar-refractivity contribution in [1.29, 1.82) is 0 Å². The molecule has 172 valence electrons. The summed E-state index contributed by atoms with van der Waals surface area (Å²) in [5.74, 6) is 0. The molecule has 0 aromatic carbocycles. The van der Waals surface area contributed by atoms with Crippen molar-refractivity contribution < 1.29 is 4.74 Å². The van der Waals surface area contributed by atoms with E-state index in [9.17, 15) is 0 Å². The first-order valence-corrected chi connectivity index (χ1v) is 11.9. The lowest BCUT2D eigenvalue weighted by atomic mass is 10.1. The summed E-state index contributed by atoms with van der Waals surface area (Å²) in [4.78, 5) is 13.8. The molecule has 33 heavy (non-hydrogen) atoms. The minimum atomic E-state index is 0.234. The minimum Gasteiger partial charge on any atom is -0.376 e. The van der Waals surface area contributed by atoms with E-state index >= 15 is 0 Å². The van der Waals surface area contributed by atoms with Crippen LogP contribution in [0.4, 0.5) is 5.69 Å². The number of anilines is 1. The van der Waals surface area contributed by atoms with Gasteiger partial charge in [-0.05, 0) is 49.4 Å². The normalized spacial score (nSPS) is 18.6. The maximum absolute atomic E-state index is 5.84. The van der Waals surface area contributed by atoms with Crippen LogP contribution in [0, 0.1) is 0 Å².